The molecule has 3 aromatic rings. The number of amides is 1. The first-order chi connectivity index (χ1) is 19.2. The molecule has 1 amide bonds. The number of Topliss-reactive ketones (excluding diaryl/α,β-unsaturated/α-hetero) is 1. The number of benzene rings is 2. The number of hydrogen-bond donors (Lipinski definition) is 1. The summed E-state index contributed by atoms with van der Waals surface area (Å²) >= 11 is 1.20. The van der Waals surface area contributed by atoms with Crippen molar-refractivity contribution in [3.8, 4) is 17.2 Å². The zero-order chi connectivity index (χ0) is 28.6. The van der Waals surface area contributed by atoms with Gasteiger partial charge in [0.05, 0.1) is 24.8 Å². The average Bonchev–Trinajstić information content (AvgIpc) is 3.58. The smallest absolute Gasteiger partial charge is 0.301 e. The third-order valence-corrected chi connectivity index (χ3v) is 7.71. The first kappa shape index (κ1) is 27.6. The van der Waals surface area contributed by atoms with Crippen LogP contribution in [0.3, 0.4) is 0 Å². The Morgan fingerprint density at radius 3 is 2.65 bits per heavy atom. The second kappa shape index (κ2) is 11.3. The predicted molar refractivity (Wildman–Crippen MR) is 152 cm³/mol. The summed E-state index contributed by atoms with van der Waals surface area (Å²) < 4.78 is 17.7. The van der Waals surface area contributed by atoms with Crippen molar-refractivity contribution in [2.75, 3.05) is 18.1 Å². The van der Waals surface area contributed by atoms with Crippen molar-refractivity contribution in [1.29, 1.82) is 0 Å². The number of ketones is 1. The molecule has 2 aliphatic heterocycles. The molecule has 0 bridgehead atoms. The fourth-order valence-corrected chi connectivity index (χ4v) is 5.65. The van der Waals surface area contributed by atoms with Gasteiger partial charge in [0.1, 0.15) is 22.6 Å². The molecule has 0 radical (unpaired) electrons. The SMILES string of the molecule is CCOc1cc(C2/C(=C(\O)c3ccc4c(c3)CC(C)O4)C(=O)C(=O)N2c2nnc(C)s2)ccc1OCCC(C)C. The number of rotatable bonds is 9. The number of anilines is 1. The van der Waals surface area contributed by atoms with E-state index in [-0.39, 0.29) is 22.6 Å². The van der Waals surface area contributed by atoms with Gasteiger partial charge in [0.2, 0.25) is 5.13 Å². The molecule has 1 fully saturated rings. The minimum absolute atomic E-state index is 0.0249. The topological polar surface area (TPSA) is 111 Å². The van der Waals surface area contributed by atoms with Gasteiger partial charge in [-0.2, -0.15) is 0 Å². The first-order valence-electron chi connectivity index (χ1n) is 13.5. The predicted octanol–water partition coefficient (Wildman–Crippen LogP) is 5.62. The van der Waals surface area contributed by atoms with E-state index < -0.39 is 17.7 Å². The van der Waals surface area contributed by atoms with Gasteiger partial charge in [-0.15, -0.1) is 10.2 Å². The number of aliphatic hydroxyl groups is 1. The minimum atomic E-state index is -0.945. The van der Waals surface area contributed by atoms with Crippen LogP contribution < -0.4 is 19.1 Å². The highest BCUT2D eigenvalue weighted by atomic mass is 32.1. The molecule has 1 saturated heterocycles. The van der Waals surface area contributed by atoms with Gasteiger partial charge in [-0.1, -0.05) is 31.3 Å². The maximum absolute atomic E-state index is 13.5. The molecule has 1 N–H and O–H groups in total. The average molecular weight is 564 g/mol. The molecule has 2 atom stereocenters. The summed E-state index contributed by atoms with van der Waals surface area (Å²) in [6.45, 7) is 10.8. The van der Waals surface area contributed by atoms with E-state index in [0.717, 1.165) is 17.7 Å². The maximum atomic E-state index is 13.5. The van der Waals surface area contributed by atoms with Gasteiger partial charge < -0.3 is 19.3 Å². The van der Waals surface area contributed by atoms with Crippen LogP contribution in [0.4, 0.5) is 5.13 Å². The summed E-state index contributed by atoms with van der Waals surface area (Å²) in [5.74, 6) is 0.462. The van der Waals surface area contributed by atoms with Crippen LogP contribution in [0, 0.1) is 12.8 Å². The second-order valence-electron chi connectivity index (χ2n) is 10.4. The molecule has 10 heteroatoms. The van der Waals surface area contributed by atoms with Crippen LogP contribution >= 0.6 is 11.3 Å². The maximum Gasteiger partial charge on any atom is 0.301 e. The quantitative estimate of drug-likeness (QED) is 0.203. The Balaban J connectivity index is 1.63. The zero-order valence-electron chi connectivity index (χ0n) is 23.3. The first-order valence-corrected chi connectivity index (χ1v) is 14.3. The fraction of sp³-hybridized carbons (Fsp3) is 0.400. The van der Waals surface area contributed by atoms with E-state index >= 15 is 0 Å². The molecular formula is C30H33N3O6S. The van der Waals surface area contributed by atoms with Crippen LogP contribution in [-0.2, 0) is 16.0 Å². The Morgan fingerprint density at radius 2 is 1.95 bits per heavy atom. The van der Waals surface area contributed by atoms with Crippen molar-refractivity contribution >= 4 is 33.9 Å². The van der Waals surface area contributed by atoms with Crippen LogP contribution in [0.5, 0.6) is 17.2 Å². The fourth-order valence-electron chi connectivity index (χ4n) is 4.94. The number of hydrogen-bond acceptors (Lipinski definition) is 9. The van der Waals surface area contributed by atoms with E-state index in [1.165, 1.54) is 16.2 Å². The van der Waals surface area contributed by atoms with E-state index in [4.69, 9.17) is 14.2 Å². The standard InChI is InChI=1S/C30H33N3O6S/c1-6-37-24-15-19(7-10-23(24)38-12-11-16(2)3)26-25(28(35)29(36)33(26)30-32-31-18(5)40-30)27(34)20-8-9-22-21(14-20)13-17(4)39-22/h7-10,14-17,26,34H,6,11-13H2,1-5H3/b27-25+. The van der Waals surface area contributed by atoms with Crippen LogP contribution in [0.1, 0.15) is 61.9 Å². The number of ether oxygens (including phenoxy) is 3. The van der Waals surface area contributed by atoms with Crippen LogP contribution in [0.25, 0.3) is 5.76 Å². The van der Waals surface area contributed by atoms with Crippen molar-refractivity contribution < 1.29 is 28.9 Å². The van der Waals surface area contributed by atoms with E-state index in [0.29, 0.717) is 53.2 Å². The molecule has 210 valence electrons. The molecule has 2 aromatic carbocycles. The highest BCUT2D eigenvalue weighted by Gasteiger charge is 2.48. The summed E-state index contributed by atoms with van der Waals surface area (Å²) in [6, 6.07) is 9.67. The van der Waals surface area contributed by atoms with Crippen LogP contribution in [-0.4, -0.2) is 46.3 Å². The molecule has 0 saturated carbocycles. The molecule has 40 heavy (non-hydrogen) atoms. The highest BCUT2D eigenvalue weighted by molar-refractivity contribution is 7.15. The normalized spacial score (nSPS) is 19.7. The lowest BCUT2D eigenvalue weighted by molar-refractivity contribution is -0.132. The Hall–Kier alpha value is -3.92. The Labute approximate surface area is 237 Å². The largest absolute Gasteiger partial charge is 0.507 e. The van der Waals surface area contributed by atoms with Gasteiger partial charge in [0, 0.05) is 12.0 Å². The molecule has 5 rings (SSSR count). The Bertz CT molecular complexity index is 1480. The van der Waals surface area contributed by atoms with Gasteiger partial charge >= 0.3 is 5.91 Å². The number of carbonyl (C=O) groups is 2. The third kappa shape index (κ3) is 5.28. The van der Waals surface area contributed by atoms with Gasteiger partial charge in [0.15, 0.2) is 11.5 Å². The van der Waals surface area contributed by atoms with E-state index in [1.54, 1.807) is 37.3 Å². The monoisotopic (exact) mass is 563 g/mol. The number of carbonyl (C=O) groups excluding carboxylic acids is 2. The van der Waals surface area contributed by atoms with Crippen molar-refractivity contribution in [2.45, 2.75) is 59.6 Å². The van der Waals surface area contributed by atoms with Crippen molar-refractivity contribution in [3.05, 3.63) is 63.7 Å². The van der Waals surface area contributed by atoms with Gasteiger partial charge in [-0.25, -0.2) is 0 Å². The van der Waals surface area contributed by atoms with E-state index in [2.05, 4.69) is 24.0 Å². The summed E-state index contributed by atoms with van der Waals surface area (Å²) in [5.41, 5.74) is 1.92. The molecule has 2 aliphatic rings. The van der Waals surface area contributed by atoms with Crippen molar-refractivity contribution in [1.82, 2.24) is 10.2 Å². The number of fused-ring (bicyclic) bond motifs is 1. The summed E-state index contributed by atoms with van der Waals surface area (Å²) in [5, 5.41) is 20.7. The second-order valence-corrected chi connectivity index (χ2v) is 11.6. The lowest BCUT2D eigenvalue weighted by Gasteiger charge is -2.24. The molecule has 0 spiro atoms. The van der Waals surface area contributed by atoms with Gasteiger partial charge in [0.25, 0.3) is 5.78 Å². The summed E-state index contributed by atoms with van der Waals surface area (Å²) in [7, 11) is 0. The summed E-state index contributed by atoms with van der Waals surface area (Å²) in [4.78, 5) is 28.3. The van der Waals surface area contributed by atoms with Crippen molar-refractivity contribution in [3.63, 3.8) is 0 Å². The van der Waals surface area contributed by atoms with Crippen molar-refractivity contribution in [2.24, 2.45) is 5.92 Å². The number of aryl methyl sites for hydroxylation is 1. The molecule has 9 nitrogen and oxygen atoms in total. The third-order valence-electron chi connectivity index (χ3n) is 6.87. The van der Waals surface area contributed by atoms with Gasteiger partial charge in [-0.3, -0.25) is 14.5 Å². The number of aromatic nitrogens is 2. The number of nitrogens with zero attached hydrogens (tertiary/aromatic N) is 3. The minimum Gasteiger partial charge on any atom is -0.507 e. The molecule has 3 heterocycles. The van der Waals surface area contributed by atoms with Crippen LogP contribution in [0.2, 0.25) is 0 Å². The molecule has 1 aromatic heterocycles. The lowest BCUT2D eigenvalue weighted by Crippen LogP contribution is -2.29. The van der Waals surface area contributed by atoms with E-state index in [1.807, 2.05) is 19.9 Å². The molecule has 2 unspecified atom stereocenters. The van der Waals surface area contributed by atoms with E-state index in [9.17, 15) is 14.7 Å². The Kier molecular flexibility index (Phi) is 7.80. The summed E-state index contributed by atoms with van der Waals surface area (Å²) in [6.07, 6.45) is 1.60. The molecule has 0 aliphatic carbocycles. The molecular weight excluding hydrogens is 530 g/mol. The van der Waals surface area contributed by atoms with Gasteiger partial charge in [-0.05, 0) is 74.6 Å². The zero-order valence-corrected chi connectivity index (χ0v) is 24.1. The van der Waals surface area contributed by atoms with Crippen LogP contribution in [0.15, 0.2) is 42.0 Å². The Morgan fingerprint density at radius 1 is 1.15 bits per heavy atom. The number of aliphatic hydroxyl groups excluding tert-OH is 1. The lowest BCUT2D eigenvalue weighted by atomic mass is 9.94. The highest BCUT2D eigenvalue weighted by Crippen LogP contribution is 2.45.